The highest BCUT2D eigenvalue weighted by Crippen LogP contribution is 2.34. The average Bonchev–Trinajstić information content (AvgIpc) is 3.47. The summed E-state index contributed by atoms with van der Waals surface area (Å²) >= 11 is 2.95. The van der Waals surface area contributed by atoms with Crippen LogP contribution in [0.5, 0.6) is 0 Å². The van der Waals surface area contributed by atoms with E-state index in [4.69, 9.17) is 4.42 Å². The highest BCUT2D eigenvalue weighted by molar-refractivity contribution is 8.00. The van der Waals surface area contributed by atoms with Crippen molar-refractivity contribution in [2.24, 2.45) is 0 Å². The van der Waals surface area contributed by atoms with E-state index in [0.717, 1.165) is 38.2 Å². The van der Waals surface area contributed by atoms with Crippen molar-refractivity contribution in [2.45, 2.75) is 24.7 Å². The van der Waals surface area contributed by atoms with Gasteiger partial charge in [-0.25, -0.2) is 4.98 Å². The van der Waals surface area contributed by atoms with Crippen molar-refractivity contribution in [3.05, 3.63) is 71.9 Å². The number of benzene rings is 1. The maximum atomic E-state index is 9.68. The number of nitrogens with one attached hydrogen (secondary N) is 2. The van der Waals surface area contributed by atoms with Crippen molar-refractivity contribution in [2.75, 3.05) is 10.0 Å². The molecule has 0 atom stereocenters. The van der Waals surface area contributed by atoms with Gasteiger partial charge in [-0.2, -0.15) is 5.26 Å². The van der Waals surface area contributed by atoms with Gasteiger partial charge < -0.3 is 14.5 Å². The lowest BCUT2D eigenvalue weighted by molar-refractivity contribution is 0.568. The summed E-state index contributed by atoms with van der Waals surface area (Å²) in [6.45, 7) is 4.22. The molecule has 30 heavy (non-hydrogen) atoms. The predicted molar refractivity (Wildman–Crippen MR) is 122 cm³/mol. The Kier molecular flexibility index (Phi) is 6.02. The minimum atomic E-state index is 0.306. The first-order valence-corrected chi connectivity index (χ1v) is 11.0. The zero-order chi connectivity index (χ0) is 20.9. The summed E-state index contributed by atoms with van der Waals surface area (Å²) in [5, 5.41) is 15.8. The van der Waals surface area contributed by atoms with Gasteiger partial charge in [0.1, 0.15) is 6.07 Å². The van der Waals surface area contributed by atoms with E-state index in [1.54, 1.807) is 18.7 Å². The van der Waals surface area contributed by atoms with Crippen LogP contribution in [0.2, 0.25) is 0 Å². The molecule has 1 aromatic carbocycles. The Morgan fingerprint density at radius 3 is 2.77 bits per heavy atom. The van der Waals surface area contributed by atoms with Crippen LogP contribution in [0.1, 0.15) is 31.0 Å². The quantitative estimate of drug-likeness (QED) is 0.315. The van der Waals surface area contributed by atoms with Gasteiger partial charge in [0.05, 0.1) is 35.7 Å². The molecule has 0 saturated heterocycles. The molecule has 6 nitrogen and oxygen atoms in total. The minimum absolute atomic E-state index is 0.306. The van der Waals surface area contributed by atoms with Crippen molar-refractivity contribution in [1.82, 2.24) is 9.97 Å². The van der Waals surface area contributed by atoms with Crippen molar-refractivity contribution in [3.63, 3.8) is 0 Å². The van der Waals surface area contributed by atoms with Gasteiger partial charge in [-0.05, 0) is 48.2 Å². The van der Waals surface area contributed by atoms with Gasteiger partial charge in [0, 0.05) is 33.3 Å². The zero-order valence-corrected chi connectivity index (χ0v) is 18.1. The lowest BCUT2D eigenvalue weighted by Crippen LogP contribution is -2.00. The fraction of sp³-hybridized carbons (Fsp3) is 0.136. The molecule has 0 amide bonds. The summed E-state index contributed by atoms with van der Waals surface area (Å²) in [4.78, 5) is 9.70. The smallest absolute Gasteiger partial charge is 0.192 e. The van der Waals surface area contributed by atoms with Crippen LogP contribution in [0.25, 0.3) is 11.1 Å². The van der Waals surface area contributed by atoms with Gasteiger partial charge in [0.15, 0.2) is 5.13 Å². The third-order valence-corrected chi connectivity index (χ3v) is 6.02. The molecule has 0 unspecified atom stereocenters. The van der Waals surface area contributed by atoms with Gasteiger partial charge in [0.2, 0.25) is 0 Å². The van der Waals surface area contributed by atoms with E-state index >= 15 is 0 Å². The SMILES string of the molecule is CC(C)c1cc(-c2ccoc2)c(Nc2ccc(SNc3nccs3)cc2C#N)cn1. The predicted octanol–water partition coefficient (Wildman–Crippen LogP) is 6.66. The number of nitriles is 1. The van der Waals surface area contributed by atoms with Crippen molar-refractivity contribution < 1.29 is 4.42 Å². The summed E-state index contributed by atoms with van der Waals surface area (Å²) in [5.74, 6) is 0.306. The number of rotatable bonds is 7. The van der Waals surface area contributed by atoms with Crippen LogP contribution in [0, 0.1) is 11.3 Å². The van der Waals surface area contributed by atoms with E-state index in [-0.39, 0.29) is 0 Å². The maximum absolute atomic E-state index is 9.68. The molecule has 0 fully saturated rings. The van der Waals surface area contributed by atoms with Crippen molar-refractivity contribution >= 4 is 39.8 Å². The van der Waals surface area contributed by atoms with E-state index in [1.807, 2.05) is 35.8 Å². The first-order chi connectivity index (χ1) is 14.6. The fourth-order valence-corrected chi connectivity index (χ4v) is 4.11. The summed E-state index contributed by atoms with van der Waals surface area (Å²) in [5.41, 5.74) is 5.03. The second kappa shape index (κ2) is 9.03. The number of hydrogen-bond donors (Lipinski definition) is 2. The molecule has 150 valence electrons. The molecule has 0 bridgehead atoms. The third kappa shape index (κ3) is 4.48. The van der Waals surface area contributed by atoms with Gasteiger partial charge >= 0.3 is 0 Å². The van der Waals surface area contributed by atoms with Crippen LogP contribution in [0.4, 0.5) is 16.5 Å². The maximum Gasteiger partial charge on any atom is 0.192 e. The Morgan fingerprint density at radius 2 is 2.07 bits per heavy atom. The third-order valence-electron chi connectivity index (χ3n) is 4.42. The first-order valence-electron chi connectivity index (χ1n) is 9.30. The Labute approximate surface area is 183 Å². The Morgan fingerprint density at radius 1 is 1.17 bits per heavy atom. The largest absolute Gasteiger partial charge is 0.472 e. The molecule has 0 aliphatic carbocycles. The van der Waals surface area contributed by atoms with Crippen LogP contribution in [-0.2, 0) is 0 Å². The van der Waals surface area contributed by atoms with E-state index < -0.39 is 0 Å². The van der Waals surface area contributed by atoms with Gasteiger partial charge in [0.25, 0.3) is 0 Å². The first kappa shape index (κ1) is 20.0. The molecule has 3 heterocycles. The van der Waals surface area contributed by atoms with Gasteiger partial charge in [-0.15, -0.1) is 11.3 Å². The van der Waals surface area contributed by atoms with Crippen LogP contribution < -0.4 is 10.0 Å². The summed E-state index contributed by atoms with van der Waals surface area (Å²) in [6, 6.07) is 12.0. The number of aromatic nitrogens is 2. The Hall–Kier alpha value is -3.28. The van der Waals surface area contributed by atoms with E-state index in [2.05, 4.69) is 46.0 Å². The van der Waals surface area contributed by atoms with Crippen molar-refractivity contribution in [1.29, 1.82) is 5.26 Å². The topological polar surface area (TPSA) is 86.8 Å². The number of hydrogen-bond acceptors (Lipinski definition) is 8. The van der Waals surface area contributed by atoms with Crippen molar-refractivity contribution in [3.8, 4) is 17.2 Å². The van der Waals surface area contributed by atoms with E-state index in [1.165, 1.54) is 23.3 Å². The monoisotopic (exact) mass is 433 g/mol. The second-order valence-corrected chi connectivity index (χ2v) is 8.58. The molecule has 0 aliphatic rings. The molecule has 0 spiro atoms. The van der Waals surface area contributed by atoms with Crippen LogP contribution in [0.3, 0.4) is 0 Å². The molecular formula is C22H19N5OS2. The molecule has 0 aliphatic heterocycles. The molecule has 3 aromatic heterocycles. The van der Waals surface area contributed by atoms with Crippen LogP contribution >= 0.6 is 23.3 Å². The fourth-order valence-electron chi connectivity index (χ4n) is 2.85. The molecule has 4 aromatic rings. The number of furan rings is 1. The second-order valence-electron chi connectivity index (χ2n) is 6.81. The molecule has 0 radical (unpaired) electrons. The molecule has 2 N–H and O–H groups in total. The summed E-state index contributed by atoms with van der Waals surface area (Å²) < 4.78 is 8.46. The summed E-state index contributed by atoms with van der Waals surface area (Å²) in [7, 11) is 0. The number of pyridine rings is 1. The van der Waals surface area contributed by atoms with Crippen LogP contribution in [-0.4, -0.2) is 9.97 Å². The van der Waals surface area contributed by atoms with Crippen LogP contribution in [0.15, 0.2) is 69.9 Å². The molecular weight excluding hydrogens is 414 g/mol. The summed E-state index contributed by atoms with van der Waals surface area (Å²) in [6.07, 6.45) is 6.92. The molecule has 0 saturated carbocycles. The Balaban J connectivity index is 1.61. The molecule has 8 heteroatoms. The number of nitrogens with zero attached hydrogens (tertiary/aromatic N) is 3. The normalized spacial score (nSPS) is 10.7. The number of anilines is 3. The van der Waals surface area contributed by atoms with Gasteiger partial charge in [-0.3, -0.25) is 4.98 Å². The molecule has 4 rings (SSSR count). The van der Waals surface area contributed by atoms with E-state index in [9.17, 15) is 5.26 Å². The number of thiazole rings is 1. The van der Waals surface area contributed by atoms with Gasteiger partial charge in [-0.1, -0.05) is 13.8 Å². The minimum Gasteiger partial charge on any atom is -0.472 e. The Bertz CT molecular complexity index is 1160. The highest BCUT2D eigenvalue weighted by atomic mass is 32.2. The van der Waals surface area contributed by atoms with E-state index in [0.29, 0.717) is 11.5 Å². The lowest BCUT2D eigenvalue weighted by Gasteiger charge is -2.15. The average molecular weight is 434 g/mol. The standard InChI is InChI=1S/C22H19N5OS2/c1-14(2)20-10-18(15-5-7-28-13-15)21(12-25-20)26-19-4-3-17(9-16(19)11-23)30-27-22-24-6-8-29-22/h3-10,12-14,26H,1-2H3,(H,24,27). The highest BCUT2D eigenvalue weighted by Gasteiger charge is 2.13. The lowest BCUT2D eigenvalue weighted by atomic mass is 10.0. The zero-order valence-electron chi connectivity index (χ0n) is 16.4.